The van der Waals surface area contributed by atoms with Crippen molar-refractivity contribution in [2.75, 3.05) is 26.4 Å². The maximum atomic E-state index is 12.0. The molecule has 0 radical (unpaired) electrons. The van der Waals surface area contributed by atoms with Crippen LogP contribution in [0.25, 0.3) is 0 Å². The molecule has 49 heavy (non-hydrogen) atoms. The second-order valence-electron chi connectivity index (χ2n) is 12.6. The second-order valence-corrected chi connectivity index (χ2v) is 14.0. The molecule has 10 heteroatoms. The van der Waals surface area contributed by atoms with E-state index in [2.05, 4.69) is 67.8 Å². The van der Waals surface area contributed by atoms with Gasteiger partial charge >= 0.3 is 13.8 Å². The van der Waals surface area contributed by atoms with Crippen molar-refractivity contribution in [3.63, 3.8) is 0 Å². The second kappa shape index (κ2) is 35.8. The normalized spacial score (nSPS) is 14.0. The van der Waals surface area contributed by atoms with Crippen LogP contribution in [0.4, 0.5) is 0 Å². The van der Waals surface area contributed by atoms with Crippen molar-refractivity contribution in [1.29, 1.82) is 0 Å². The van der Waals surface area contributed by atoms with E-state index in [1.165, 1.54) is 51.4 Å². The fourth-order valence-corrected chi connectivity index (χ4v) is 5.59. The SMILES string of the molecule is CCCCC/C=C\C/C=C\C/C=C\C/C=C\CCCCCCCC(=O)NCCOP(=O)(O)OCC(O)COC(=O)CCCCCCCCC. The van der Waals surface area contributed by atoms with Crippen LogP contribution in [0.2, 0.25) is 0 Å². The Bertz CT molecular complexity index is 949. The van der Waals surface area contributed by atoms with E-state index in [0.717, 1.165) is 77.0 Å². The molecule has 9 nitrogen and oxygen atoms in total. The van der Waals surface area contributed by atoms with Crippen LogP contribution in [0.5, 0.6) is 0 Å². The number of hydrogen-bond donors (Lipinski definition) is 3. The molecule has 0 bridgehead atoms. The van der Waals surface area contributed by atoms with E-state index in [1.807, 2.05) is 0 Å². The summed E-state index contributed by atoms with van der Waals surface area (Å²) in [7, 11) is -4.41. The van der Waals surface area contributed by atoms with E-state index in [-0.39, 0.29) is 32.1 Å². The van der Waals surface area contributed by atoms with Crippen LogP contribution < -0.4 is 5.32 Å². The molecule has 0 saturated carbocycles. The van der Waals surface area contributed by atoms with Crippen molar-refractivity contribution in [1.82, 2.24) is 5.32 Å². The molecule has 0 aromatic heterocycles. The number of phosphoric acid groups is 1. The first-order valence-corrected chi connectivity index (χ1v) is 20.6. The number of rotatable bonds is 35. The highest BCUT2D eigenvalue weighted by Crippen LogP contribution is 2.42. The molecule has 0 saturated heterocycles. The van der Waals surface area contributed by atoms with Crippen molar-refractivity contribution in [3.8, 4) is 0 Å². The topological polar surface area (TPSA) is 131 Å². The molecule has 0 rings (SSSR count). The van der Waals surface area contributed by atoms with Crippen molar-refractivity contribution in [2.45, 2.75) is 161 Å². The molecule has 0 aliphatic carbocycles. The molecule has 0 spiro atoms. The Labute approximate surface area is 298 Å². The highest BCUT2D eigenvalue weighted by Gasteiger charge is 2.23. The molecule has 3 N–H and O–H groups in total. The van der Waals surface area contributed by atoms with Gasteiger partial charge in [-0.2, -0.15) is 0 Å². The average Bonchev–Trinajstić information content (AvgIpc) is 3.08. The number of carbonyl (C=O) groups is 2. The minimum absolute atomic E-state index is 0.0700. The van der Waals surface area contributed by atoms with Crippen LogP contribution in [0, 0.1) is 0 Å². The van der Waals surface area contributed by atoms with Crippen molar-refractivity contribution in [2.24, 2.45) is 0 Å². The number of unbranched alkanes of at least 4 members (excludes halogenated alkanes) is 14. The summed E-state index contributed by atoms with van der Waals surface area (Å²) in [5.41, 5.74) is 0. The molecule has 0 aromatic rings. The maximum absolute atomic E-state index is 12.0. The molecule has 1 amide bonds. The largest absolute Gasteiger partial charge is 0.472 e. The molecule has 0 fully saturated rings. The first kappa shape index (κ1) is 47.0. The summed E-state index contributed by atoms with van der Waals surface area (Å²) in [5, 5.41) is 12.6. The van der Waals surface area contributed by atoms with Crippen molar-refractivity contribution < 1.29 is 37.9 Å². The third-order valence-electron chi connectivity index (χ3n) is 7.76. The fraction of sp³-hybridized carbons (Fsp3) is 0.744. The minimum Gasteiger partial charge on any atom is -0.463 e. The van der Waals surface area contributed by atoms with Crippen LogP contribution in [0.1, 0.15) is 155 Å². The Morgan fingerprint density at radius 3 is 1.69 bits per heavy atom. The molecule has 0 aliphatic heterocycles. The average molecular weight is 712 g/mol. The summed E-state index contributed by atoms with van der Waals surface area (Å²) in [5.74, 6) is -0.544. The Hall–Kier alpha value is -2.03. The lowest BCUT2D eigenvalue weighted by molar-refractivity contribution is -0.147. The summed E-state index contributed by atoms with van der Waals surface area (Å²) in [6.45, 7) is 3.42. The predicted octanol–water partition coefficient (Wildman–Crippen LogP) is 9.99. The van der Waals surface area contributed by atoms with Crippen LogP contribution in [-0.2, 0) is 27.9 Å². The lowest BCUT2D eigenvalue weighted by Crippen LogP contribution is -2.27. The molecule has 284 valence electrons. The summed E-state index contributed by atoms with van der Waals surface area (Å²) in [6.07, 6.45) is 39.2. The summed E-state index contributed by atoms with van der Waals surface area (Å²) >= 11 is 0. The third-order valence-corrected chi connectivity index (χ3v) is 8.75. The number of phosphoric ester groups is 1. The van der Waals surface area contributed by atoms with Crippen LogP contribution in [0.15, 0.2) is 48.6 Å². The highest BCUT2D eigenvalue weighted by atomic mass is 31.2. The Morgan fingerprint density at radius 1 is 0.633 bits per heavy atom. The van der Waals surface area contributed by atoms with Gasteiger partial charge in [0, 0.05) is 19.4 Å². The van der Waals surface area contributed by atoms with Crippen molar-refractivity contribution >= 4 is 19.7 Å². The lowest BCUT2D eigenvalue weighted by atomic mass is 10.1. The van der Waals surface area contributed by atoms with Crippen LogP contribution >= 0.6 is 7.82 Å². The number of hydrogen-bond acceptors (Lipinski definition) is 7. The van der Waals surface area contributed by atoms with Gasteiger partial charge in [0.1, 0.15) is 12.7 Å². The zero-order valence-corrected chi connectivity index (χ0v) is 31.8. The predicted molar refractivity (Wildman–Crippen MR) is 201 cm³/mol. The number of ether oxygens (including phenoxy) is 1. The number of nitrogens with one attached hydrogen (secondary N) is 1. The molecular weight excluding hydrogens is 641 g/mol. The zero-order chi connectivity index (χ0) is 36.1. The van der Waals surface area contributed by atoms with Gasteiger partial charge in [-0.25, -0.2) is 4.57 Å². The monoisotopic (exact) mass is 711 g/mol. The number of amides is 1. The first-order chi connectivity index (χ1) is 23.8. The summed E-state index contributed by atoms with van der Waals surface area (Å²) in [6, 6.07) is 0. The third kappa shape index (κ3) is 37.1. The van der Waals surface area contributed by atoms with Crippen LogP contribution in [0.3, 0.4) is 0 Å². The quantitative estimate of drug-likeness (QED) is 0.0256. The number of allylic oxidation sites excluding steroid dienone is 8. The van der Waals surface area contributed by atoms with Gasteiger partial charge in [-0.15, -0.1) is 0 Å². The Balaban J connectivity index is 3.65. The zero-order valence-electron chi connectivity index (χ0n) is 30.9. The number of aliphatic hydroxyl groups is 1. The number of aliphatic hydroxyl groups excluding tert-OH is 1. The molecule has 0 aliphatic rings. The van der Waals surface area contributed by atoms with Gasteiger partial charge in [0.25, 0.3) is 0 Å². The van der Waals surface area contributed by atoms with Gasteiger partial charge in [0.2, 0.25) is 5.91 Å². The Kier molecular flexibility index (Phi) is 34.3. The van der Waals surface area contributed by atoms with Crippen molar-refractivity contribution in [3.05, 3.63) is 48.6 Å². The lowest BCUT2D eigenvalue weighted by Gasteiger charge is -2.15. The van der Waals surface area contributed by atoms with E-state index in [0.29, 0.717) is 6.42 Å². The molecule has 2 atom stereocenters. The van der Waals surface area contributed by atoms with E-state index < -0.39 is 26.5 Å². The van der Waals surface area contributed by atoms with Gasteiger partial charge in [-0.1, -0.05) is 133 Å². The van der Waals surface area contributed by atoms with E-state index >= 15 is 0 Å². The van der Waals surface area contributed by atoms with E-state index in [9.17, 15) is 24.2 Å². The standard InChI is InChI=1S/C39H70NO8P/c1-3-5-7-9-11-12-13-14-15-16-17-18-19-20-21-22-23-24-26-27-29-31-38(42)40-33-34-47-49(44,45)48-36-37(41)35-46-39(43)32-30-28-25-10-8-6-4-2/h11-12,14-15,17-18,20-21,37,41H,3-10,13,16,19,22-36H2,1-2H3,(H,40,42)(H,44,45)/b12-11-,15-14-,18-17-,21-20-. The molecule has 0 aromatic carbocycles. The van der Waals surface area contributed by atoms with E-state index in [1.54, 1.807) is 0 Å². The van der Waals surface area contributed by atoms with Gasteiger partial charge in [0.05, 0.1) is 13.2 Å². The first-order valence-electron chi connectivity index (χ1n) is 19.1. The Morgan fingerprint density at radius 2 is 1.10 bits per heavy atom. The van der Waals surface area contributed by atoms with Gasteiger partial charge in [-0.3, -0.25) is 18.6 Å². The molecule has 0 heterocycles. The fourth-order valence-electron chi connectivity index (χ4n) is 4.83. The maximum Gasteiger partial charge on any atom is 0.472 e. The smallest absolute Gasteiger partial charge is 0.463 e. The molecular formula is C39H70NO8P. The number of esters is 1. The number of carbonyl (C=O) groups excluding carboxylic acids is 2. The van der Waals surface area contributed by atoms with Gasteiger partial charge < -0.3 is 20.1 Å². The van der Waals surface area contributed by atoms with Gasteiger partial charge in [-0.05, 0) is 57.8 Å². The summed E-state index contributed by atoms with van der Waals surface area (Å²) < 4.78 is 26.6. The van der Waals surface area contributed by atoms with Gasteiger partial charge in [0.15, 0.2) is 0 Å². The highest BCUT2D eigenvalue weighted by molar-refractivity contribution is 7.47. The molecule has 2 unspecified atom stereocenters. The minimum atomic E-state index is -4.41. The van der Waals surface area contributed by atoms with Crippen LogP contribution in [-0.4, -0.2) is 54.3 Å². The van der Waals surface area contributed by atoms with E-state index in [4.69, 9.17) is 13.8 Å². The summed E-state index contributed by atoms with van der Waals surface area (Å²) in [4.78, 5) is 33.6.